The molecule has 0 aliphatic carbocycles. The van der Waals surface area contributed by atoms with Crippen molar-refractivity contribution in [2.24, 2.45) is 0 Å². The molecule has 0 atom stereocenters. The van der Waals surface area contributed by atoms with Crippen molar-refractivity contribution in [3.05, 3.63) is 0 Å². The van der Waals surface area contributed by atoms with Crippen LogP contribution in [-0.4, -0.2) is 33.6 Å². The fourth-order valence-electron chi connectivity index (χ4n) is 0.892. The van der Waals surface area contributed by atoms with Crippen LogP contribution in [0.15, 0.2) is 0 Å². The third-order valence-electron chi connectivity index (χ3n) is 1.51. The third kappa shape index (κ3) is 33.7. The topological polar surface area (TPSA) is 146 Å². The Morgan fingerprint density at radius 2 is 1.08 bits per heavy atom. The molecule has 0 bridgehead atoms. The predicted molar refractivity (Wildman–Crippen MR) is 54.9 cm³/mol. The minimum atomic E-state index is 0. The Balaban J connectivity index is -0.0000000533. The highest BCUT2D eigenvalue weighted by atomic mass is 16.2. The van der Waals surface area contributed by atoms with Crippen LogP contribution in [0, 0.1) is 0 Å². The molecule has 0 saturated heterocycles. The van der Waals surface area contributed by atoms with Gasteiger partial charge in [-0.25, -0.2) is 0 Å². The standard InChI is InChI=1S/C8H18O.4H2O/c1-2-3-4-5-6-7-8-9;;;;/h9H,2-8H2,1H3;4*1H2. The molecule has 0 spiro atoms. The molecule has 0 radical (unpaired) electrons. The first-order valence-corrected chi connectivity index (χ1v) is 4.02. The molecule has 88 valence electrons. The van der Waals surface area contributed by atoms with E-state index >= 15 is 0 Å². The number of aliphatic hydroxyl groups is 1. The summed E-state index contributed by atoms with van der Waals surface area (Å²) in [4.78, 5) is 0. The first kappa shape index (κ1) is 29.3. The number of unbranched alkanes of at least 4 members (excludes halogenated alkanes) is 5. The molecule has 0 aromatic rings. The Hall–Kier alpha value is -0.200. The summed E-state index contributed by atoms with van der Waals surface area (Å²) in [5.74, 6) is 0. The van der Waals surface area contributed by atoms with Crippen molar-refractivity contribution in [1.82, 2.24) is 0 Å². The lowest BCUT2D eigenvalue weighted by Gasteiger charge is -1.95. The second-order valence-electron chi connectivity index (χ2n) is 2.49. The number of hydrogen-bond acceptors (Lipinski definition) is 1. The molecule has 0 aromatic heterocycles. The molecular formula is C8H26O5. The summed E-state index contributed by atoms with van der Waals surface area (Å²) in [6.45, 7) is 2.58. The van der Waals surface area contributed by atoms with E-state index in [9.17, 15) is 0 Å². The number of aliphatic hydroxyl groups excluding tert-OH is 1. The van der Waals surface area contributed by atoms with Crippen molar-refractivity contribution in [3.63, 3.8) is 0 Å². The molecular weight excluding hydrogens is 176 g/mol. The number of rotatable bonds is 6. The second kappa shape index (κ2) is 29.8. The molecule has 0 aromatic carbocycles. The van der Waals surface area contributed by atoms with Crippen LogP contribution in [-0.2, 0) is 0 Å². The molecule has 5 heteroatoms. The smallest absolute Gasteiger partial charge is 0.0431 e. The fourth-order valence-corrected chi connectivity index (χ4v) is 0.892. The van der Waals surface area contributed by atoms with Crippen LogP contribution < -0.4 is 0 Å². The van der Waals surface area contributed by atoms with Gasteiger partial charge in [-0.2, -0.15) is 0 Å². The van der Waals surface area contributed by atoms with E-state index in [2.05, 4.69) is 6.92 Å². The number of hydrogen-bond donors (Lipinski definition) is 1. The van der Waals surface area contributed by atoms with Gasteiger partial charge >= 0.3 is 0 Å². The lowest BCUT2D eigenvalue weighted by Crippen LogP contribution is -1.82. The summed E-state index contributed by atoms with van der Waals surface area (Å²) in [5, 5.41) is 8.42. The lowest BCUT2D eigenvalue weighted by molar-refractivity contribution is 0.282. The van der Waals surface area contributed by atoms with Crippen LogP contribution in [0.4, 0.5) is 0 Å². The van der Waals surface area contributed by atoms with E-state index in [1.54, 1.807) is 0 Å². The van der Waals surface area contributed by atoms with Crippen LogP contribution in [0.25, 0.3) is 0 Å². The maximum absolute atomic E-state index is 8.42. The molecule has 9 N–H and O–H groups in total. The summed E-state index contributed by atoms with van der Waals surface area (Å²) in [5.41, 5.74) is 0. The molecule has 0 amide bonds. The monoisotopic (exact) mass is 202 g/mol. The SMILES string of the molecule is CCCCCCCCO.O.O.O.O. The first-order valence-electron chi connectivity index (χ1n) is 4.02. The summed E-state index contributed by atoms with van der Waals surface area (Å²) in [7, 11) is 0. The maximum Gasteiger partial charge on any atom is 0.0431 e. The van der Waals surface area contributed by atoms with Gasteiger partial charge in [0.15, 0.2) is 0 Å². The van der Waals surface area contributed by atoms with Gasteiger partial charge in [0.1, 0.15) is 0 Å². The molecule has 0 aliphatic heterocycles. The van der Waals surface area contributed by atoms with Crippen molar-refractivity contribution in [2.75, 3.05) is 6.61 Å². The van der Waals surface area contributed by atoms with Gasteiger partial charge < -0.3 is 27.0 Å². The molecule has 13 heavy (non-hydrogen) atoms. The Morgan fingerprint density at radius 1 is 0.692 bits per heavy atom. The molecule has 0 heterocycles. The van der Waals surface area contributed by atoms with Crippen LogP contribution in [0.2, 0.25) is 0 Å². The average Bonchev–Trinajstić information content (AvgIpc) is 1.89. The zero-order valence-corrected chi connectivity index (χ0v) is 8.40. The highest BCUT2D eigenvalue weighted by Crippen LogP contribution is 2.03. The molecule has 0 fully saturated rings. The van der Waals surface area contributed by atoms with Crippen molar-refractivity contribution in [1.29, 1.82) is 0 Å². The van der Waals surface area contributed by atoms with Gasteiger partial charge in [0.25, 0.3) is 0 Å². The molecule has 5 nitrogen and oxygen atoms in total. The second-order valence-corrected chi connectivity index (χ2v) is 2.49. The van der Waals surface area contributed by atoms with Gasteiger partial charge in [0.2, 0.25) is 0 Å². The summed E-state index contributed by atoms with van der Waals surface area (Å²) >= 11 is 0. The van der Waals surface area contributed by atoms with E-state index in [-0.39, 0.29) is 21.9 Å². The normalized spacial score (nSPS) is 6.92. The van der Waals surface area contributed by atoms with E-state index in [4.69, 9.17) is 5.11 Å². The van der Waals surface area contributed by atoms with Gasteiger partial charge in [0.05, 0.1) is 0 Å². The Kier molecular flexibility index (Phi) is 67.1. The highest BCUT2D eigenvalue weighted by Gasteiger charge is 1.86. The van der Waals surface area contributed by atoms with Crippen LogP contribution >= 0.6 is 0 Å². The third-order valence-corrected chi connectivity index (χ3v) is 1.51. The fraction of sp³-hybridized carbons (Fsp3) is 1.00. The largest absolute Gasteiger partial charge is 0.412 e. The van der Waals surface area contributed by atoms with E-state index in [0.29, 0.717) is 6.61 Å². The van der Waals surface area contributed by atoms with Crippen LogP contribution in [0.1, 0.15) is 45.4 Å². The molecule has 0 rings (SSSR count). The minimum absolute atomic E-state index is 0. The van der Waals surface area contributed by atoms with Crippen molar-refractivity contribution >= 4 is 0 Å². The predicted octanol–water partition coefficient (Wildman–Crippen LogP) is -0.960. The summed E-state index contributed by atoms with van der Waals surface area (Å²) in [6, 6.07) is 0. The summed E-state index contributed by atoms with van der Waals surface area (Å²) < 4.78 is 0. The average molecular weight is 202 g/mol. The van der Waals surface area contributed by atoms with Crippen molar-refractivity contribution in [2.45, 2.75) is 45.4 Å². The van der Waals surface area contributed by atoms with Crippen LogP contribution in [0.5, 0.6) is 0 Å². The first-order chi connectivity index (χ1) is 4.41. The Bertz CT molecular complexity index is 45.8. The van der Waals surface area contributed by atoms with Gasteiger partial charge in [-0.3, -0.25) is 0 Å². The van der Waals surface area contributed by atoms with Gasteiger partial charge in [0, 0.05) is 6.61 Å². The summed E-state index contributed by atoms with van der Waals surface area (Å²) in [6.07, 6.45) is 7.50. The van der Waals surface area contributed by atoms with Gasteiger partial charge in [-0.1, -0.05) is 39.0 Å². The zero-order chi connectivity index (χ0) is 6.95. The van der Waals surface area contributed by atoms with E-state index in [1.807, 2.05) is 0 Å². The minimum Gasteiger partial charge on any atom is -0.412 e. The highest BCUT2D eigenvalue weighted by molar-refractivity contribution is 4.41. The van der Waals surface area contributed by atoms with Gasteiger partial charge in [-0.05, 0) is 6.42 Å². The Morgan fingerprint density at radius 3 is 1.46 bits per heavy atom. The van der Waals surface area contributed by atoms with E-state index in [1.165, 1.54) is 32.1 Å². The van der Waals surface area contributed by atoms with Crippen LogP contribution in [0.3, 0.4) is 0 Å². The lowest BCUT2D eigenvalue weighted by atomic mass is 10.1. The van der Waals surface area contributed by atoms with E-state index in [0.717, 1.165) is 6.42 Å². The molecule has 0 saturated carbocycles. The van der Waals surface area contributed by atoms with Crippen molar-refractivity contribution in [3.8, 4) is 0 Å². The van der Waals surface area contributed by atoms with E-state index < -0.39 is 0 Å². The zero-order valence-electron chi connectivity index (χ0n) is 8.40. The quantitative estimate of drug-likeness (QED) is 0.543. The Labute approximate surface area is 80.0 Å². The van der Waals surface area contributed by atoms with Crippen molar-refractivity contribution < 1.29 is 27.0 Å². The molecule has 0 unspecified atom stereocenters. The molecule has 0 aliphatic rings. The van der Waals surface area contributed by atoms with Gasteiger partial charge in [-0.15, -0.1) is 0 Å². The maximum atomic E-state index is 8.42.